The van der Waals surface area contributed by atoms with Gasteiger partial charge in [0.05, 0.1) is 5.69 Å². The topological polar surface area (TPSA) is 61.2 Å². The van der Waals surface area contributed by atoms with Crippen molar-refractivity contribution in [2.45, 2.75) is 20.8 Å². The number of aryl methyl sites for hydroxylation is 2. The van der Waals surface area contributed by atoms with Crippen molar-refractivity contribution in [2.75, 3.05) is 6.61 Å². The smallest absolute Gasteiger partial charge is 0.350 e. The monoisotopic (exact) mass is 386 g/mol. The largest absolute Gasteiger partial charge is 0.453 e. The molecule has 5 nitrogen and oxygen atoms in total. The maximum Gasteiger partial charge on any atom is 0.350 e. The Morgan fingerprint density at radius 3 is 2.44 bits per heavy atom. The van der Waals surface area contributed by atoms with Gasteiger partial charge in [-0.3, -0.25) is 4.79 Å². The van der Waals surface area contributed by atoms with Gasteiger partial charge in [-0.2, -0.15) is 0 Å². The van der Waals surface area contributed by atoms with Crippen LogP contribution in [-0.2, 0) is 11.8 Å². The molecule has 0 aliphatic heterocycles. The SMILES string of the molecule is Cc1nc(-c2ccc(F)cc2)sc1C(=O)OCC(=O)c1cc(C)n(C)c1C. The molecule has 0 unspecified atom stereocenters. The first-order valence-electron chi connectivity index (χ1n) is 8.34. The molecule has 0 atom stereocenters. The highest BCUT2D eigenvalue weighted by Gasteiger charge is 2.20. The Bertz CT molecular complexity index is 1020. The van der Waals surface area contributed by atoms with Crippen molar-refractivity contribution in [1.82, 2.24) is 9.55 Å². The minimum atomic E-state index is -0.586. The zero-order valence-corrected chi connectivity index (χ0v) is 16.3. The van der Waals surface area contributed by atoms with Crippen LogP contribution in [0.5, 0.6) is 0 Å². The van der Waals surface area contributed by atoms with Crippen LogP contribution in [0.15, 0.2) is 30.3 Å². The molecule has 0 saturated heterocycles. The molecule has 0 N–H and O–H groups in total. The first-order chi connectivity index (χ1) is 12.8. The second-order valence-corrected chi connectivity index (χ2v) is 7.28. The van der Waals surface area contributed by atoms with Gasteiger partial charge in [0.25, 0.3) is 0 Å². The van der Waals surface area contributed by atoms with Crippen molar-refractivity contribution in [3.63, 3.8) is 0 Å². The number of ether oxygens (including phenoxy) is 1. The van der Waals surface area contributed by atoms with Gasteiger partial charge in [0.1, 0.15) is 15.7 Å². The molecule has 2 aromatic heterocycles. The van der Waals surface area contributed by atoms with Crippen molar-refractivity contribution in [3.05, 3.63) is 63.7 Å². The number of hydrogen-bond acceptors (Lipinski definition) is 5. The van der Waals surface area contributed by atoms with Crippen LogP contribution in [0.25, 0.3) is 10.6 Å². The van der Waals surface area contributed by atoms with Gasteiger partial charge in [0.15, 0.2) is 6.61 Å². The summed E-state index contributed by atoms with van der Waals surface area (Å²) in [6.07, 6.45) is 0. The van der Waals surface area contributed by atoms with E-state index in [4.69, 9.17) is 4.74 Å². The van der Waals surface area contributed by atoms with Gasteiger partial charge in [-0.15, -0.1) is 11.3 Å². The zero-order chi connectivity index (χ0) is 19.7. The van der Waals surface area contributed by atoms with E-state index in [1.54, 1.807) is 25.1 Å². The number of nitrogens with zero attached hydrogens (tertiary/aromatic N) is 2. The first kappa shape index (κ1) is 19.0. The lowest BCUT2D eigenvalue weighted by atomic mass is 10.1. The minimum Gasteiger partial charge on any atom is -0.453 e. The van der Waals surface area contributed by atoms with E-state index < -0.39 is 5.97 Å². The van der Waals surface area contributed by atoms with Crippen LogP contribution in [0.4, 0.5) is 4.39 Å². The molecule has 1 aromatic carbocycles. The number of rotatable bonds is 5. The van der Waals surface area contributed by atoms with Gasteiger partial charge in [-0.25, -0.2) is 14.2 Å². The number of ketones is 1. The Kier molecular flexibility index (Phi) is 5.23. The van der Waals surface area contributed by atoms with E-state index in [9.17, 15) is 14.0 Å². The molecule has 0 saturated carbocycles. The number of esters is 1. The van der Waals surface area contributed by atoms with Gasteiger partial charge >= 0.3 is 5.97 Å². The van der Waals surface area contributed by atoms with Crippen molar-refractivity contribution < 1.29 is 18.7 Å². The molecule has 2 heterocycles. The molecule has 0 amide bonds. The Balaban J connectivity index is 1.72. The molecule has 0 aliphatic carbocycles. The Morgan fingerprint density at radius 1 is 1.19 bits per heavy atom. The molecule has 0 radical (unpaired) electrons. The lowest BCUT2D eigenvalue weighted by Crippen LogP contribution is -2.14. The quantitative estimate of drug-likeness (QED) is 0.486. The normalized spacial score (nSPS) is 10.9. The maximum absolute atomic E-state index is 13.1. The van der Waals surface area contributed by atoms with Crippen LogP contribution in [0.3, 0.4) is 0 Å². The van der Waals surface area contributed by atoms with E-state index in [1.165, 1.54) is 12.1 Å². The Labute approximate surface area is 160 Å². The third-order valence-corrected chi connectivity index (χ3v) is 5.67. The number of Topliss-reactive ketones (excluding diaryl/α,β-unsaturated/α-hetero) is 1. The molecule has 0 spiro atoms. The zero-order valence-electron chi connectivity index (χ0n) is 15.5. The highest BCUT2D eigenvalue weighted by atomic mass is 32.1. The number of carbonyl (C=O) groups excluding carboxylic acids is 2. The fourth-order valence-corrected chi connectivity index (χ4v) is 3.68. The number of carbonyl (C=O) groups is 2. The number of aromatic nitrogens is 2. The third kappa shape index (κ3) is 3.83. The van der Waals surface area contributed by atoms with E-state index in [2.05, 4.69) is 4.98 Å². The van der Waals surface area contributed by atoms with Crippen LogP contribution in [0.1, 0.15) is 37.1 Å². The molecule has 27 heavy (non-hydrogen) atoms. The summed E-state index contributed by atoms with van der Waals surface area (Å²) in [5, 5.41) is 0.598. The predicted molar refractivity (Wildman–Crippen MR) is 102 cm³/mol. The van der Waals surface area contributed by atoms with Crippen LogP contribution in [0.2, 0.25) is 0 Å². The molecule has 3 aromatic rings. The van der Waals surface area contributed by atoms with Crippen LogP contribution < -0.4 is 0 Å². The van der Waals surface area contributed by atoms with Crippen molar-refractivity contribution in [2.24, 2.45) is 7.05 Å². The first-order valence-corrected chi connectivity index (χ1v) is 9.16. The fourth-order valence-electron chi connectivity index (χ4n) is 2.71. The molecular formula is C20H19FN2O3S. The second kappa shape index (κ2) is 7.44. The average molecular weight is 386 g/mol. The number of hydrogen-bond donors (Lipinski definition) is 0. The summed E-state index contributed by atoms with van der Waals surface area (Å²) in [4.78, 5) is 29.4. The average Bonchev–Trinajstić information content (AvgIpc) is 3.15. The summed E-state index contributed by atoms with van der Waals surface area (Å²) in [5.74, 6) is -1.17. The van der Waals surface area contributed by atoms with E-state index in [0.717, 1.165) is 28.3 Å². The van der Waals surface area contributed by atoms with Gasteiger partial charge in [-0.1, -0.05) is 0 Å². The molecular weight excluding hydrogens is 367 g/mol. The third-order valence-electron chi connectivity index (χ3n) is 4.48. The van der Waals surface area contributed by atoms with E-state index in [-0.39, 0.29) is 18.2 Å². The van der Waals surface area contributed by atoms with Gasteiger partial charge in [0.2, 0.25) is 5.78 Å². The second-order valence-electron chi connectivity index (χ2n) is 6.28. The fraction of sp³-hybridized carbons (Fsp3) is 0.250. The molecule has 140 valence electrons. The van der Waals surface area contributed by atoms with E-state index in [1.807, 2.05) is 25.5 Å². The lowest BCUT2D eigenvalue weighted by Gasteiger charge is -2.04. The molecule has 7 heteroatoms. The number of thiazole rings is 1. The van der Waals surface area contributed by atoms with E-state index in [0.29, 0.717) is 21.1 Å². The standard InChI is InChI=1S/C20H19FN2O3S/c1-11-9-16(13(3)23(11)4)17(24)10-26-20(25)18-12(2)22-19(27-18)14-5-7-15(21)8-6-14/h5-9H,10H2,1-4H3. The van der Waals surface area contributed by atoms with Crippen LogP contribution in [0, 0.1) is 26.6 Å². The van der Waals surface area contributed by atoms with Crippen molar-refractivity contribution in [1.29, 1.82) is 0 Å². The number of benzene rings is 1. The van der Waals surface area contributed by atoms with Gasteiger partial charge in [0, 0.05) is 29.6 Å². The summed E-state index contributed by atoms with van der Waals surface area (Å²) in [6, 6.07) is 7.68. The highest BCUT2D eigenvalue weighted by molar-refractivity contribution is 7.17. The molecule has 0 bridgehead atoms. The highest BCUT2D eigenvalue weighted by Crippen LogP contribution is 2.28. The molecule has 0 aliphatic rings. The van der Waals surface area contributed by atoms with Gasteiger partial charge < -0.3 is 9.30 Å². The lowest BCUT2D eigenvalue weighted by molar-refractivity contribution is 0.0478. The summed E-state index contributed by atoms with van der Waals surface area (Å²) in [6.45, 7) is 5.14. The number of halogens is 1. The molecule has 3 rings (SSSR count). The van der Waals surface area contributed by atoms with Crippen molar-refractivity contribution in [3.8, 4) is 10.6 Å². The van der Waals surface area contributed by atoms with Gasteiger partial charge in [-0.05, 0) is 51.1 Å². The van der Waals surface area contributed by atoms with Crippen LogP contribution in [-0.4, -0.2) is 27.9 Å². The van der Waals surface area contributed by atoms with Crippen LogP contribution >= 0.6 is 11.3 Å². The minimum absolute atomic E-state index is 0.245. The Morgan fingerprint density at radius 2 is 1.85 bits per heavy atom. The van der Waals surface area contributed by atoms with Crippen molar-refractivity contribution >= 4 is 23.1 Å². The summed E-state index contributed by atoms with van der Waals surface area (Å²) in [5.41, 5.74) is 3.58. The summed E-state index contributed by atoms with van der Waals surface area (Å²) < 4.78 is 20.2. The summed E-state index contributed by atoms with van der Waals surface area (Å²) in [7, 11) is 1.88. The maximum atomic E-state index is 13.1. The predicted octanol–water partition coefficient (Wildman–Crippen LogP) is 4.25. The Hall–Kier alpha value is -2.80. The van der Waals surface area contributed by atoms with E-state index >= 15 is 0 Å². The summed E-state index contributed by atoms with van der Waals surface area (Å²) >= 11 is 1.16. The molecule has 0 fully saturated rings.